The van der Waals surface area contributed by atoms with E-state index in [1.165, 1.54) is 0 Å². The van der Waals surface area contributed by atoms with Crippen LogP contribution in [0.5, 0.6) is 0 Å². The second-order valence-corrected chi connectivity index (χ2v) is 2.06. The van der Waals surface area contributed by atoms with Crippen LogP contribution in [0.2, 0.25) is 0 Å². The second-order valence-electron chi connectivity index (χ2n) is 2.06. The topological polar surface area (TPSA) is 26.0 Å². The highest BCUT2D eigenvalue weighted by molar-refractivity contribution is 6.36. The summed E-state index contributed by atoms with van der Waals surface area (Å²) in [6, 6.07) is 7.49. The highest BCUT2D eigenvalue weighted by Gasteiger charge is 1.98. The number of benzene rings is 1. The molecule has 0 fully saturated rings. The molecule has 1 heterocycles. The van der Waals surface area contributed by atoms with Crippen LogP contribution in [0, 0.1) is 0 Å². The van der Waals surface area contributed by atoms with Crippen LogP contribution in [-0.2, 0) is 0 Å². The molecule has 0 unspecified atom stereocenters. The molecule has 0 saturated carbocycles. The Bertz CT molecular complexity index is 355. The van der Waals surface area contributed by atoms with E-state index in [1.807, 2.05) is 24.3 Å². The third kappa shape index (κ3) is 0.636. The van der Waals surface area contributed by atoms with Gasteiger partial charge in [-0.05, 0) is 6.07 Å². The highest BCUT2D eigenvalue weighted by Crippen LogP contribution is 2.08. The van der Waals surface area contributed by atoms with Gasteiger partial charge in [-0.2, -0.15) is 0 Å². The van der Waals surface area contributed by atoms with E-state index in [2.05, 4.69) is 5.16 Å². The SMILES string of the molecule is [B]c1noc2ccccc12. The van der Waals surface area contributed by atoms with E-state index in [9.17, 15) is 0 Å². The molecule has 0 N–H and O–H groups in total. The maximum atomic E-state index is 5.47. The number of para-hydroxylation sites is 1. The molecule has 2 nitrogen and oxygen atoms in total. The summed E-state index contributed by atoms with van der Waals surface area (Å²) in [4.78, 5) is 0. The number of fused-ring (bicyclic) bond motifs is 1. The predicted molar refractivity (Wildman–Crippen MR) is 39.4 cm³/mol. The summed E-state index contributed by atoms with van der Waals surface area (Å²) in [5.41, 5.74) is 1.19. The van der Waals surface area contributed by atoms with Crippen molar-refractivity contribution >= 4 is 24.4 Å². The van der Waals surface area contributed by atoms with Crippen molar-refractivity contribution in [3.63, 3.8) is 0 Å². The molecule has 1 aromatic carbocycles. The maximum absolute atomic E-state index is 5.47. The van der Waals surface area contributed by atoms with Crippen LogP contribution < -0.4 is 5.59 Å². The smallest absolute Gasteiger partial charge is 0.166 e. The van der Waals surface area contributed by atoms with Crippen LogP contribution in [0.25, 0.3) is 11.0 Å². The van der Waals surface area contributed by atoms with Crippen molar-refractivity contribution in [1.29, 1.82) is 0 Å². The zero-order chi connectivity index (χ0) is 6.97. The van der Waals surface area contributed by atoms with Gasteiger partial charge in [0.05, 0.1) is 0 Å². The van der Waals surface area contributed by atoms with E-state index >= 15 is 0 Å². The van der Waals surface area contributed by atoms with Crippen molar-refractivity contribution in [1.82, 2.24) is 5.16 Å². The van der Waals surface area contributed by atoms with Crippen molar-refractivity contribution in [2.24, 2.45) is 0 Å². The number of rotatable bonds is 0. The molecule has 0 bridgehead atoms. The first-order valence-electron chi connectivity index (χ1n) is 2.98. The molecule has 1 aromatic heterocycles. The monoisotopic (exact) mass is 129 g/mol. The van der Waals surface area contributed by atoms with Crippen LogP contribution in [0.4, 0.5) is 0 Å². The third-order valence-corrected chi connectivity index (χ3v) is 1.41. The zero-order valence-electron chi connectivity index (χ0n) is 5.24. The molecule has 2 rings (SSSR count). The summed E-state index contributed by atoms with van der Waals surface area (Å²) < 4.78 is 4.87. The number of hydrogen-bond donors (Lipinski definition) is 0. The minimum atomic E-state index is 0.454. The molecule has 0 aliphatic rings. The van der Waals surface area contributed by atoms with Crippen molar-refractivity contribution in [2.75, 3.05) is 0 Å². The fraction of sp³-hybridized carbons (Fsp3) is 0. The molecule has 0 aliphatic heterocycles. The van der Waals surface area contributed by atoms with Gasteiger partial charge in [-0.15, -0.1) is 0 Å². The lowest BCUT2D eigenvalue weighted by Crippen LogP contribution is -2.01. The average molecular weight is 129 g/mol. The van der Waals surface area contributed by atoms with Crippen molar-refractivity contribution in [2.45, 2.75) is 0 Å². The molecule has 0 saturated heterocycles. The summed E-state index contributed by atoms with van der Waals surface area (Å²) in [7, 11) is 5.47. The van der Waals surface area contributed by atoms with Crippen LogP contribution >= 0.6 is 0 Å². The number of aromatic nitrogens is 1. The Labute approximate surface area is 59.2 Å². The number of hydrogen-bond acceptors (Lipinski definition) is 2. The predicted octanol–water partition coefficient (Wildman–Crippen LogP) is 0.622. The lowest BCUT2D eigenvalue weighted by Gasteiger charge is -1.82. The van der Waals surface area contributed by atoms with Gasteiger partial charge in [0.25, 0.3) is 0 Å². The van der Waals surface area contributed by atoms with Crippen LogP contribution in [0.3, 0.4) is 0 Å². The third-order valence-electron chi connectivity index (χ3n) is 1.41. The van der Waals surface area contributed by atoms with E-state index in [4.69, 9.17) is 12.4 Å². The van der Waals surface area contributed by atoms with Gasteiger partial charge in [0.1, 0.15) is 7.85 Å². The number of nitrogens with zero attached hydrogens (tertiary/aromatic N) is 1. The molecule has 0 aliphatic carbocycles. The van der Waals surface area contributed by atoms with Crippen molar-refractivity contribution in [3.05, 3.63) is 24.3 Å². The van der Waals surface area contributed by atoms with E-state index in [-0.39, 0.29) is 0 Å². The largest absolute Gasteiger partial charge is 0.357 e. The van der Waals surface area contributed by atoms with Gasteiger partial charge in [0.2, 0.25) is 0 Å². The zero-order valence-corrected chi connectivity index (χ0v) is 5.24. The Morgan fingerprint density at radius 1 is 1.30 bits per heavy atom. The molecule has 10 heavy (non-hydrogen) atoms. The van der Waals surface area contributed by atoms with E-state index < -0.39 is 0 Å². The average Bonchev–Trinajstić information content (AvgIpc) is 2.34. The summed E-state index contributed by atoms with van der Waals surface area (Å²) in [6.07, 6.45) is 0. The van der Waals surface area contributed by atoms with Gasteiger partial charge < -0.3 is 4.52 Å². The van der Waals surface area contributed by atoms with Gasteiger partial charge in [0, 0.05) is 11.0 Å². The standard InChI is InChI=1S/C7H4BNO/c8-7-5-3-1-2-4-6(5)10-9-7/h1-4H. The van der Waals surface area contributed by atoms with Gasteiger partial charge >= 0.3 is 0 Å². The van der Waals surface area contributed by atoms with Crippen LogP contribution in [-0.4, -0.2) is 13.0 Å². The first kappa shape index (κ1) is 5.53. The quantitative estimate of drug-likeness (QED) is 0.487. The summed E-state index contributed by atoms with van der Waals surface area (Å²) in [6.45, 7) is 0. The Morgan fingerprint density at radius 2 is 2.10 bits per heavy atom. The maximum Gasteiger partial charge on any atom is 0.166 e. The molecule has 0 amide bonds. The second kappa shape index (κ2) is 1.87. The molecule has 46 valence electrons. The molecule has 0 spiro atoms. The first-order valence-corrected chi connectivity index (χ1v) is 2.98. The normalized spacial score (nSPS) is 10.4. The Morgan fingerprint density at radius 3 is 2.90 bits per heavy atom. The molecule has 0 atom stereocenters. The fourth-order valence-corrected chi connectivity index (χ4v) is 0.905. The van der Waals surface area contributed by atoms with Gasteiger partial charge in [-0.25, -0.2) is 0 Å². The van der Waals surface area contributed by atoms with Gasteiger partial charge in [-0.3, -0.25) is 0 Å². The molecule has 3 heteroatoms. The lowest BCUT2D eigenvalue weighted by molar-refractivity contribution is 0.463. The van der Waals surface area contributed by atoms with Crippen LogP contribution in [0.1, 0.15) is 0 Å². The summed E-state index contributed by atoms with van der Waals surface area (Å²) >= 11 is 0. The fourth-order valence-electron chi connectivity index (χ4n) is 0.905. The van der Waals surface area contributed by atoms with Crippen molar-refractivity contribution in [3.8, 4) is 0 Å². The Balaban J connectivity index is 2.93. The molecular weight excluding hydrogens is 125 g/mol. The molecule has 2 radical (unpaired) electrons. The van der Waals surface area contributed by atoms with Gasteiger partial charge in [0.15, 0.2) is 5.58 Å². The minimum absolute atomic E-state index is 0.454. The van der Waals surface area contributed by atoms with E-state index in [1.54, 1.807) is 0 Å². The summed E-state index contributed by atoms with van der Waals surface area (Å²) in [5.74, 6) is 0. The lowest BCUT2D eigenvalue weighted by atomic mass is 10.0. The summed E-state index contributed by atoms with van der Waals surface area (Å²) in [5, 5.41) is 4.48. The first-order chi connectivity index (χ1) is 4.88. The van der Waals surface area contributed by atoms with Crippen LogP contribution in [0.15, 0.2) is 28.8 Å². The Kier molecular flexibility index (Phi) is 1.03. The van der Waals surface area contributed by atoms with Crippen molar-refractivity contribution < 1.29 is 4.52 Å². The van der Waals surface area contributed by atoms with Gasteiger partial charge in [-0.1, -0.05) is 23.4 Å². The highest BCUT2D eigenvalue weighted by atomic mass is 16.5. The molecular formula is C7H4BNO. The van der Waals surface area contributed by atoms with E-state index in [0.717, 1.165) is 11.0 Å². The minimum Gasteiger partial charge on any atom is -0.357 e. The molecule has 2 aromatic rings. The van der Waals surface area contributed by atoms with E-state index in [0.29, 0.717) is 5.59 Å². The Hall–Kier alpha value is -1.25.